The zero-order chi connectivity index (χ0) is 13.9. The topological polar surface area (TPSA) is 61.7 Å². The molecule has 4 heteroatoms. The zero-order valence-corrected chi connectivity index (χ0v) is 11.1. The van der Waals surface area contributed by atoms with Crippen molar-refractivity contribution in [2.75, 3.05) is 0 Å². The van der Waals surface area contributed by atoms with E-state index in [1.165, 1.54) is 11.1 Å². The average molecular weight is 268 g/mol. The molecule has 1 amide bonds. The first kappa shape index (κ1) is 12.7. The summed E-state index contributed by atoms with van der Waals surface area (Å²) in [7, 11) is 0. The first-order valence-electron chi connectivity index (χ1n) is 6.78. The van der Waals surface area contributed by atoms with Gasteiger partial charge < -0.3 is 5.11 Å². The van der Waals surface area contributed by atoms with Crippen LogP contribution in [0.1, 0.15) is 31.2 Å². The van der Waals surface area contributed by atoms with Crippen molar-refractivity contribution in [1.82, 2.24) is 5.43 Å². The van der Waals surface area contributed by atoms with Gasteiger partial charge in [0.25, 0.3) is 5.91 Å². The number of allylic oxidation sites excluding steroid dienone is 3. The standard InChI is InChI=1S/C16H16N2O2/c19-13-7-4-11(5-8-13)10-17-18-16(20)15-9-6-12-2-1-3-14(12)15/h4-8,10,19H,1-3,9H2,(H,18,20)/b17-10+. The summed E-state index contributed by atoms with van der Waals surface area (Å²) in [5.74, 6) is 0.104. The minimum Gasteiger partial charge on any atom is -0.508 e. The van der Waals surface area contributed by atoms with Gasteiger partial charge in [-0.1, -0.05) is 6.08 Å². The summed E-state index contributed by atoms with van der Waals surface area (Å²) < 4.78 is 0. The summed E-state index contributed by atoms with van der Waals surface area (Å²) in [6.45, 7) is 0. The lowest BCUT2D eigenvalue weighted by Gasteiger charge is -2.03. The predicted molar refractivity (Wildman–Crippen MR) is 77.4 cm³/mol. The van der Waals surface area contributed by atoms with Crippen molar-refractivity contribution >= 4 is 12.1 Å². The van der Waals surface area contributed by atoms with Crippen molar-refractivity contribution in [3.63, 3.8) is 0 Å². The number of amides is 1. The Balaban J connectivity index is 1.63. The lowest BCUT2D eigenvalue weighted by atomic mass is 10.1. The number of hydrogen-bond donors (Lipinski definition) is 2. The van der Waals surface area contributed by atoms with E-state index < -0.39 is 0 Å². The highest BCUT2D eigenvalue weighted by Gasteiger charge is 2.25. The van der Waals surface area contributed by atoms with Crippen LogP contribution in [0, 0.1) is 0 Å². The highest BCUT2D eigenvalue weighted by molar-refractivity contribution is 5.97. The van der Waals surface area contributed by atoms with E-state index in [1.54, 1.807) is 30.5 Å². The van der Waals surface area contributed by atoms with Crippen LogP contribution in [-0.4, -0.2) is 17.2 Å². The van der Waals surface area contributed by atoms with Crippen molar-refractivity contribution in [3.8, 4) is 5.75 Å². The minimum atomic E-state index is -0.108. The van der Waals surface area contributed by atoms with Gasteiger partial charge in [0.15, 0.2) is 0 Å². The summed E-state index contributed by atoms with van der Waals surface area (Å²) >= 11 is 0. The fraction of sp³-hybridized carbons (Fsp3) is 0.250. The SMILES string of the molecule is O=C(N/N=C/c1ccc(O)cc1)C1=C2CCCC2=CC1. The number of fused-ring (bicyclic) bond motifs is 1. The molecule has 0 aromatic heterocycles. The molecule has 0 spiro atoms. The first-order valence-corrected chi connectivity index (χ1v) is 6.78. The number of rotatable bonds is 3. The second kappa shape index (κ2) is 5.33. The van der Waals surface area contributed by atoms with Crippen LogP contribution in [-0.2, 0) is 4.79 Å². The van der Waals surface area contributed by atoms with E-state index in [-0.39, 0.29) is 11.7 Å². The van der Waals surface area contributed by atoms with E-state index in [0.29, 0.717) is 0 Å². The molecule has 0 radical (unpaired) electrons. The Morgan fingerprint density at radius 1 is 1.25 bits per heavy atom. The summed E-state index contributed by atoms with van der Waals surface area (Å²) in [6, 6.07) is 6.64. The third-order valence-corrected chi connectivity index (χ3v) is 3.72. The van der Waals surface area contributed by atoms with E-state index in [9.17, 15) is 9.90 Å². The van der Waals surface area contributed by atoms with E-state index in [2.05, 4.69) is 16.6 Å². The van der Waals surface area contributed by atoms with Gasteiger partial charge in [0.2, 0.25) is 0 Å². The molecule has 1 fully saturated rings. The molecule has 1 aromatic rings. The Bertz CT molecular complexity index is 624. The fourth-order valence-electron chi connectivity index (χ4n) is 2.71. The molecule has 102 valence electrons. The van der Waals surface area contributed by atoms with Crippen molar-refractivity contribution < 1.29 is 9.90 Å². The Morgan fingerprint density at radius 3 is 2.85 bits per heavy atom. The summed E-state index contributed by atoms with van der Waals surface area (Å²) in [6.07, 6.45) is 7.71. The number of phenols is 1. The maximum Gasteiger partial charge on any atom is 0.267 e. The highest BCUT2D eigenvalue weighted by Crippen LogP contribution is 2.38. The number of benzene rings is 1. The maximum atomic E-state index is 12.1. The number of phenolic OH excluding ortho intramolecular Hbond substituents is 1. The molecule has 2 aliphatic carbocycles. The van der Waals surface area contributed by atoms with Gasteiger partial charge in [-0.25, -0.2) is 5.43 Å². The number of carbonyl (C=O) groups is 1. The molecule has 3 rings (SSSR count). The molecule has 1 aromatic carbocycles. The van der Waals surface area contributed by atoms with E-state index in [1.807, 2.05) is 0 Å². The summed E-state index contributed by atoms with van der Waals surface area (Å²) in [5.41, 5.74) is 6.83. The molecule has 0 unspecified atom stereocenters. The molecular weight excluding hydrogens is 252 g/mol. The van der Waals surface area contributed by atoms with Gasteiger partial charge >= 0.3 is 0 Å². The van der Waals surface area contributed by atoms with Crippen LogP contribution in [0.4, 0.5) is 0 Å². The number of nitrogens with zero attached hydrogens (tertiary/aromatic N) is 1. The number of nitrogens with one attached hydrogen (secondary N) is 1. The monoisotopic (exact) mass is 268 g/mol. The van der Waals surface area contributed by atoms with Gasteiger partial charge in [-0.3, -0.25) is 4.79 Å². The Hall–Kier alpha value is -2.36. The molecule has 2 aliphatic rings. The fourth-order valence-corrected chi connectivity index (χ4v) is 2.71. The molecule has 0 aliphatic heterocycles. The van der Waals surface area contributed by atoms with Crippen molar-refractivity contribution in [1.29, 1.82) is 0 Å². The summed E-state index contributed by atoms with van der Waals surface area (Å²) in [4.78, 5) is 12.1. The largest absolute Gasteiger partial charge is 0.508 e. The van der Waals surface area contributed by atoms with Crippen LogP contribution in [0.3, 0.4) is 0 Å². The lowest BCUT2D eigenvalue weighted by molar-refractivity contribution is -0.117. The van der Waals surface area contributed by atoms with Gasteiger partial charge in [-0.15, -0.1) is 0 Å². The lowest BCUT2D eigenvalue weighted by Crippen LogP contribution is -2.19. The molecule has 0 heterocycles. The third-order valence-electron chi connectivity index (χ3n) is 3.72. The van der Waals surface area contributed by atoms with Gasteiger partial charge in [0.1, 0.15) is 5.75 Å². The second-order valence-corrected chi connectivity index (χ2v) is 5.03. The van der Waals surface area contributed by atoms with Crippen LogP contribution in [0.25, 0.3) is 0 Å². The number of carbonyl (C=O) groups excluding carboxylic acids is 1. The molecular formula is C16H16N2O2. The van der Waals surface area contributed by atoms with E-state index in [4.69, 9.17) is 0 Å². The van der Waals surface area contributed by atoms with Crippen LogP contribution < -0.4 is 5.43 Å². The minimum absolute atomic E-state index is 0.108. The molecule has 1 saturated carbocycles. The normalized spacial score (nSPS) is 17.5. The van der Waals surface area contributed by atoms with Crippen LogP contribution in [0.2, 0.25) is 0 Å². The van der Waals surface area contributed by atoms with Crippen molar-refractivity contribution in [2.24, 2.45) is 5.10 Å². The Labute approximate surface area is 117 Å². The quantitative estimate of drug-likeness (QED) is 0.654. The molecule has 4 nitrogen and oxygen atoms in total. The first-order chi connectivity index (χ1) is 9.74. The van der Waals surface area contributed by atoms with Gasteiger partial charge in [0, 0.05) is 5.57 Å². The van der Waals surface area contributed by atoms with Gasteiger partial charge in [-0.05, 0) is 66.7 Å². The number of aromatic hydroxyl groups is 1. The van der Waals surface area contributed by atoms with Crippen molar-refractivity contribution in [3.05, 3.63) is 52.6 Å². The third kappa shape index (κ3) is 2.50. The smallest absolute Gasteiger partial charge is 0.267 e. The predicted octanol–water partition coefficient (Wildman–Crippen LogP) is 2.65. The molecule has 0 bridgehead atoms. The van der Waals surface area contributed by atoms with Crippen LogP contribution >= 0.6 is 0 Å². The summed E-state index contributed by atoms with van der Waals surface area (Å²) in [5, 5.41) is 13.1. The van der Waals surface area contributed by atoms with E-state index in [0.717, 1.165) is 36.8 Å². The number of hydrazone groups is 1. The van der Waals surface area contributed by atoms with Gasteiger partial charge in [-0.2, -0.15) is 5.10 Å². The number of hydrogen-bond acceptors (Lipinski definition) is 3. The second-order valence-electron chi connectivity index (χ2n) is 5.03. The average Bonchev–Trinajstić information content (AvgIpc) is 3.03. The molecule has 20 heavy (non-hydrogen) atoms. The Kier molecular flexibility index (Phi) is 3.37. The highest BCUT2D eigenvalue weighted by atomic mass is 16.3. The van der Waals surface area contributed by atoms with Crippen LogP contribution in [0.15, 0.2) is 52.2 Å². The van der Waals surface area contributed by atoms with Crippen molar-refractivity contribution in [2.45, 2.75) is 25.7 Å². The van der Waals surface area contributed by atoms with Gasteiger partial charge in [0.05, 0.1) is 6.21 Å². The van der Waals surface area contributed by atoms with Crippen LogP contribution in [0.5, 0.6) is 5.75 Å². The molecule has 0 saturated heterocycles. The maximum absolute atomic E-state index is 12.1. The Morgan fingerprint density at radius 2 is 2.05 bits per heavy atom. The zero-order valence-electron chi connectivity index (χ0n) is 11.1. The molecule has 2 N–H and O–H groups in total. The van der Waals surface area contributed by atoms with E-state index >= 15 is 0 Å². The molecule has 0 atom stereocenters.